The third-order valence-corrected chi connectivity index (χ3v) is 9.50. The second-order valence-corrected chi connectivity index (χ2v) is 13.2. The maximum atomic E-state index is 14.0. The number of benzene rings is 2. The lowest BCUT2D eigenvalue weighted by Crippen LogP contribution is -2.49. The average Bonchev–Trinajstić information content (AvgIpc) is 3.57. The molecule has 1 spiro atoms. The van der Waals surface area contributed by atoms with Crippen LogP contribution in [0.25, 0.3) is 0 Å². The molecule has 47 heavy (non-hydrogen) atoms. The van der Waals surface area contributed by atoms with Gasteiger partial charge in [-0.05, 0) is 87.0 Å². The first-order valence-electron chi connectivity index (χ1n) is 16.4. The van der Waals surface area contributed by atoms with Gasteiger partial charge in [0.2, 0.25) is 17.7 Å². The molecular formula is C36H43N7O4. The number of piperidine rings is 1. The van der Waals surface area contributed by atoms with Gasteiger partial charge in [0.25, 0.3) is 0 Å². The monoisotopic (exact) mass is 637 g/mol. The number of carbonyl (C=O) groups is 4. The van der Waals surface area contributed by atoms with Crippen molar-refractivity contribution in [1.29, 1.82) is 0 Å². The van der Waals surface area contributed by atoms with E-state index in [1.54, 1.807) is 16.0 Å². The zero-order chi connectivity index (χ0) is 33.1. The lowest BCUT2D eigenvalue weighted by molar-refractivity contribution is -0.140. The van der Waals surface area contributed by atoms with Crippen molar-refractivity contribution in [1.82, 2.24) is 25.4 Å². The summed E-state index contributed by atoms with van der Waals surface area (Å²) in [6.07, 6.45) is 3.86. The number of pyridine rings is 1. The second kappa shape index (κ2) is 13.5. The van der Waals surface area contributed by atoms with Gasteiger partial charge in [-0.15, -0.1) is 0 Å². The highest BCUT2D eigenvalue weighted by Gasteiger charge is 2.51. The van der Waals surface area contributed by atoms with E-state index in [-0.39, 0.29) is 42.3 Å². The summed E-state index contributed by atoms with van der Waals surface area (Å²) in [5.74, 6) is -0.0947. The highest BCUT2D eigenvalue weighted by molar-refractivity contribution is 6.06. The second-order valence-electron chi connectivity index (χ2n) is 13.2. The lowest BCUT2D eigenvalue weighted by atomic mass is 9.79. The number of likely N-dealkylation sites (tertiary alicyclic amines) is 1. The molecule has 6 rings (SSSR count). The smallest absolute Gasteiger partial charge is 0.317 e. The molecule has 3 heterocycles. The van der Waals surface area contributed by atoms with Crippen LogP contribution in [0.1, 0.15) is 54.5 Å². The summed E-state index contributed by atoms with van der Waals surface area (Å²) < 4.78 is 0. The third-order valence-electron chi connectivity index (χ3n) is 9.50. The number of aromatic nitrogens is 1. The molecule has 1 aromatic heterocycles. The molecule has 5 amide bonds. The first-order chi connectivity index (χ1) is 22.7. The van der Waals surface area contributed by atoms with Gasteiger partial charge in [-0.25, -0.2) is 9.78 Å². The van der Waals surface area contributed by atoms with Gasteiger partial charge in [0.05, 0.1) is 5.41 Å². The fraction of sp³-hybridized carbons (Fsp3) is 0.417. The van der Waals surface area contributed by atoms with Gasteiger partial charge in [-0.1, -0.05) is 36.4 Å². The first kappa shape index (κ1) is 32.2. The molecule has 1 unspecified atom stereocenters. The van der Waals surface area contributed by atoms with E-state index >= 15 is 0 Å². The predicted octanol–water partition coefficient (Wildman–Crippen LogP) is 3.59. The summed E-state index contributed by atoms with van der Waals surface area (Å²) in [4.78, 5) is 61.0. The van der Waals surface area contributed by atoms with Gasteiger partial charge in [0, 0.05) is 55.6 Å². The topological polar surface area (TPSA) is 136 Å². The number of nitrogens with one attached hydrogen (secondary N) is 4. The van der Waals surface area contributed by atoms with Crippen LogP contribution < -0.4 is 21.3 Å². The minimum Gasteiger partial charge on any atom is -0.336 e. The van der Waals surface area contributed by atoms with Crippen molar-refractivity contribution in [2.45, 2.75) is 64.1 Å². The minimum absolute atomic E-state index is 0.0385. The third kappa shape index (κ3) is 6.71. The van der Waals surface area contributed by atoms with Crippen molar-refractivity contribution < 1.29 is 19.2 Å². The van der Waals surface area contributed by atoms with E-state index in [1.165, 1.54) is 0 Å². The zero-order valence-electron chi connectivity index (χ0n) is 27.3. The Kier molecular flexibility index (Phi) is 9.26. The highest BCUT2D eigenvalue weighted by atomic mass is 16.2. The Morgan fingerprint density at radius 2 is 1.77 bits per heavy atom. The van der Waals surface area contributed by atoms with E-state index in [0.717, 1.165) is 27.8 Å². The molecule has 0 bridgehead atoms. The predicted molar refractivity (Wildman–Crippen MR) is 180 cm³/mol. The van der Waals surface area contributed by atoms with Crippen molar-refractivity contribution in [3.8, 4) is 0 Å². The van der Waals surface area contributed by atoms with Gasteiger partial charge < -0.3 is 31.1 Å². The SMILES string of the molecule is CNCc1ccccc1CN(CC(=O)Nc1ccc2c(c1)CC1(C2)C(=O)Nc2ncccc21)C(=O)C1CCN(C(=O)NC(C)C)CC1. The van der Waals surface area contributed by atoms with E-state index in [1.807, 2.05) is 75.5 Å². The molecule has 2 aliphatic heterocycles. The van der Waals surface area contributed by atoms with Gasteiger partial charge in [-0.2, -0.15) is 0 Å². The van der Waals surface area contributed by atoms with Crippen LogP contribution >= 0.6 is 0 Å². The Labute approximate surface area is 275 Å². The highest BCUT2D eigenvalue weighted by Crippen LogP contribution is 2.47. The van der Waals surface area contributed by atoms with Crippen LogP contribution in [0.2, 0.25) is 0 Å². The summed E-state index contributed by atoms with van der Waals surface area (Å²) in [5.41, 5.74) is 4.97. The van der Waals surface area contributed by atoms with Crippen molar-refractivity contribution >= 4 is 35.3 Å². The summed E-state index contributed by atoms with van der Waals surface area (Å²) in [7, 11) is 1.88. The van der Waals surface area contributed by atoms with E-state index < -0.39 is 5.41 Å². The summed E-state index contributed by atoms with van der Waals surface area (Å²) in [6.45, 7) is 5.65. The van der Waals surface area contributed by atoms with Crippen molar-refractivity contribution in [2.75, 3.05) is 37.3 Å². The molecule has 1 atom stereocenters. The molecule has 0 radical (unpaired) electrons. The van der Waals surface area contributed by atoms with Crippen molar-refractivity contribution in [3.63, 3.8) is 0 Å². The van der Waals surface area contributed by atoms with Crippen LogP contribution in [0.4, 0.5) is 16.3 Å². The van der Waals surface area contributed by atoms with E-state index in [2.05, 4.69) is 26.3 Å². The van der Waals surface area contributed by atoms with Crippen LogP contribution in [-0.4, -0.2) is 71.3 Å². The number of urea groups is 1. The number of anilines is 2. The van der Waals surface area contributed by atoms with E-state index in [9.17, 15) is 19.2 Å². The molecule has 246 valence electrons. The minimum atomic E-state index is -0.691. The average molecular weight is 638 g/mol. The van der Waals surface area contributed by atoms with Gasteiger partial charge in [0.1, 0.15) is 12.4 Å². The maximum absolute atomic E-state index is 14.0. The number of carbonyl (C=O) groups excluding carboxylic acids is 4. The van der Waals surface area contributed by atoms with Gasteiger partial charge in [-0.3, -0.25) is 14.4 Å². The normalized spacial score (nSPS) is 18.6. The Morgan fingerprint density at radius 3 is 2.51 bits per heavy atom. The van der Waals surface area contributed by atoms with Crippen LogP contribution in [0.3, 0.4) is 0 Å². The molecule has 11 heteroatoms. The molecular weight excluding hydrogens is 594 g/mol. The lowest BCUT2D eigenvalue weighted by Gasteiger charge is -2.34. The molecule has 3 aromatic rings. The fourth-order valence-electron chi connectivity index (χ4n) is 7.14. The van der Waals surface area contributed by atoms with Crippen molar-refractivity contribution in [2.24, 2.45) is 5.92 Å². The van der Waals surface area contributed by atoms with Crippen LogP contribution in [0.15, 0.2) is 60.8 Å². The van der Waals surface area contributed by atoms with E-state index in [0.29, 0.717) is 63.4 Å². The largest absolute Gasteiger partial charge is 0.336 e. The van der Waals surface area contributed by atoms with Crippen LogP contribution in [0, 0.1) is 5.92 Å². The standard InChI is InChI=1S/C36H43N7O4/c1-23(2)39-35(47)42-15-12-24(13-16-42)33(45)43(21-27-8-5-4-7-26(27)20-37-3)22-31(44)40-29-11-10-25-18-36(19-28(25)17-29)30-9-6-14-38-32(30)41-34(36)46/h4-11,14,17,23-24,37H,12-13,15-16,18-22H2,1-3H3,(H,39,47)(H,40,44)(H,38,41,46). The Balaban J connectivity index is 1.16. The number of rotatable bonds is 9. The summed E-state index contributed by atoms with van der Waals surface area (Å²) >= 11 is 0. The molecule has 0 saturated carbocycles. The molecule has 1 saturated heterocycles. The molecule has 3 aliphatic rings. The van der Waals surface area contributed by atoms with Crippen LogP contribution in [-0.2, 0) is 45.7 Å². The number of nitrogens with zero attached hydrogens (tertiary/aromatic N) is 3. The number of hydrogen-bond acceptors (Lipinski definition) is 6. The molecule has 11 nitrogen and oxygen atoms in total. The van der Waals surface area contributed by atoms with Gasteiger partial charge >= 0.3 is 6.03 Å². The maximum Gasteiger partial charge on any atom is 0.317 e. The fourth-order valence-corrected chi connectivity index (χ4v) is 7.14. The van der Waals surface area contributed by atoms with Crippen molar-refractivity contribution in [3.05, 3.63) is 88.6 Å². The quantitative estimate of drug-likeness (QED) is 0.283. The van der Waals surface area contributed by atoms with Gasteiger partial charge in [0.15, 0.2) is 0 Å². The Hall–Kier alpha value is -4.77. The molecule has 1 aliphatic carbocycles. The number of fused-ring (bicyclic) bond motifs is 3. The number of hydrogen-bond donors (Lipinski definition) is 4. The molecule has 2 aromatic carbocycles. The zero-order valence-corrected chi connectivity index (χ0v) is 27.3. The number of amides is 5. The summed E-state index contributed by atoms with van der Waals surface area (Å²) in [5, 5.41) is 12.1. The van der Waals surface area contributed by atoms with E-state index in [4.69, 9.17) is 0 Å². The summed E-state index contributed by atoms with van der Waals surface area (Å²) in [6, 6.07) is 17.4. The Morgan fingerprint density at radius 1 is 1.02 bits per heavy atom. The Bertz CT molecular complexity index is 1680. The first-order valence-corrected chi connectivity index (χ1v) is 16.4. The van der Waals surface area contributed by atoms with Crippen LogP contribution in [0.5, 0.6) is 0 Å². The molecule has 1 fully saturated rings. The molecule has 4 N–H and O–H groups in total.